The smallest absolute Gasteiger partial charge is 0.280 e. The summed E-state index contributed by atoms with van der Waals surface area (Å²) >= 11 is 5.29. The third-order valence-corrected chi connectivity index (χ3v) is 4.57. The van der Waals surface area contributed by atoms with E-state index in [1.165, 1.54) is 0 Å². The van der Waals surface area contributed by atoms with E-state index in [0.29, 0.717) is 16.5 Å². The summed E-state index contributed by atoms with van der Waals surface area (Å²) in [6.07, 6.45) is 0. The van der Waals surface area contributed by atoms with Gasteiger partial charge in [0.15, 0.2) is 5.11 Å². The van der Waals surface area contributed by atoms with Gasteiger partial charge in [-0.1, -0.05) is 42.5 Å². The van der Waals surface area contributed by atoms with Gasteiger partial charge >= 0.3 is 0 Å². The molecule has 0 aromatic heterocycles. The summed E-state index contributed by atoms with van der Waals surface area (Å²) in [6.45, 7) is 1.94. The van der Waals surface area contributed by atoms with Gasteiger partial charge in [-0.2, -0.15) is 5.01 Å². The van der Waals surface area contributed by atoms with Crippen molar-refractivity contribution < 1.29 is 9.59 Å². The molecular weight excluding hydrogens is 346 g/mol. The number of hydrazine groups is 1. The topological polar surface area (TPSA) is 61.4 Å². The fraction of sp³-hybridized carbons (Fsp3) is 0.0500. The number of aryl methyl sites for hydroxylation is 1. The van der Waals surface area contributed by atoms with Crippen molar-refractivity contribution >= 4 is 45.6 Å². The molecule has 26 heavy (non-hydrogen) atoms. The van der Waals surface area contributed by atoms with Crippen molar-refractivity contribution in [2.75, 3.05) is 5.32 Å². The Morgan fingerprint density at radius 3 is 2.12 bits per heavy atom. The molecule has 0 spiro atoms. The number of carbonyl (C=O) groups is 2. The van der Waals surface area contributed by atoms with Crippen LogP contribution in [0.15, 0.2) is 60.7 Å². The van der Waals surface area contributed by atoms with Crippen LogP contribution in [0.3, 0.4) is 0 Å². The molecule has 3 aromatic rings. The molecule has 0 saturated carbocycles. The highest BCUT2D eigenvalue weighted by Crippen LogP contribution is 2.29. The fourth-order valence-electron chi connectivity index (χ4n) is 3.10. The van der Waals surface area contributed by atoms with E-state index in [4.69, 9.17) is 12.2 Å². The fourth-order valence-corrected chi connectivity index (χ4v) is 3.30. The van der Waals surface area contributed by atoms with Gasteiger partial charge in [-0.3, -0.25) is 15.0 Å². The lowest BCUT2D eigenvalue weighted by atomic mass is 9.95. The first-order chi connectivity index (χ1) is 12.6. The molecule has 1 aliphatic heterocycles. The number of para-hydroxylation sites is 1. The number of imide groups is 1. The first-order valence-corrected chi connectivity index (χ1v) is 8.51. The van der Waals surface area contributed by atoms with Gasteiger partial charge in [-0.15, -0.1) is 0 Å². The Morgan fingerprint density at radius 1 is 0.885 bits per heavy atom. The average molecular weight is 361 g/mol. The van der Waals surface area contributed by atoms with Crippen LogP contribution in [0.1, 0.15) is 26.3 Å². The molecule has 2 amide bonds. The van der Waals surface area contributed by atoms with E-state index >= 15 is 0 Å². The average Bonchev–Trinajstić information content (AvgIpc) is 2.65. The summed E-state index contributed by atoms with van der Waals surface area (Å²) in [5.74, 6) is -0.846. The molecule has 0 saturated heterocycles. The Labute approximate surface area is 155 Å². The molecule has 0 bridgehead atoms. The third-order valence-electron chi connectivity index (χ3n) is 4.38. The van der Waals surface area contributed by atoms with Crippen LogP contribution >= 0.6 is 12.2 Å². The number of benzene rings is 3. The van der Waals surface area contributed by atoms with Crippen LogP contribution in [0.25, 0.3) is 10.8 Å². The van der Waals surface area contributed by atoms with Gasteiger partial charge in [-0.25, -0.2) is 0 Å². The predicted octanol–water partition coefficient (Wildman–Crippen LogP) is 3.65. The molecule has 1 aliphatic rings. The van der Waals surface area contributed by atoms with E-state index in [1.54, 1.807) is 24.3 Å². The van der Waals surface area contributed by atoms with Crippen LogP contribution in [-0.2, 0) is 0 Å². The van der Waals surface area contributed by atoms with Crippen LogP contribution in [0.2, 0.25) is 0 Å². The minimum Gasteiger partial charge on any atom is -0.331 e. The van der Waals surface area contributed by atoms with Crippen molar-refractivity contribution in [1.82, 2.24) is 10.4 Å². The summed E-state index contributed by atoms with van der Waals surface area (Å²) < 4.78 is 0. The molecule has 0 aliphatic carbocycles. The van der Waals surface area contributed by atoms with Gasteiger partial charge in [0.25, 0.3) is 11.8 Å². The predicted molar refractivity (Wildman–Crippen MR) is 105 cm³/mol. The molecule has 128 valence electrons. The second kappa shape index (κ2) is 6.24. The van der Waals surface area contributed by atoms with E-state index in [0.717, 1.165) is 21.6 Å². The largest absolute Gasteiger partial charge is 0.331 e. The Kier molecular flexibility index (Phi) is 3.89. The molecule has 1 heterocycles. The lowest BCUT2D eigenvalue weighted by Gasteiger charge is -2.28. The third kappa shape index (κ3) is 2.60. The highest BCUT2D eigenvalue weighted by atomic mass is 32.1. The van der Waals surface area contributed by atoms with Crippen molar-refractivity contribution in [1.29, 1.82) is 0 Å². The number of anilines is 1. The Bertz CT molecular complexity index is 1030. The Hall–Kier alpha value is -3.25. The van der Waals surface area contributed by atoms with E-state index in [-0.39, 0.29) is 5.11 Å². The monoisotopic (exact) mass is 361 g/mol. The quantitative estimate of drug-likeness (QED) is 0.539. The number of hydrogen-bond donors (Lipinski definition) is 2. The molecule has 0 atom stereocenters. The van der Waals surface area contributed by atoms with Crippen LogP contribution in [-0.4, -0.2) is 21.9 Å². The molecule has 0 radical (unpaired) electrons. The van der Waals surface area contributed by atoms with Gasteiger partial charge < -0.3 is 5.32 Å². The van der Waals surface area contributed by atoms with Crippen LogP contribution in [0.4, 0.5) is 5.69 Å². The van der Waals surface area contributed by atoms with Crippen LogP contribution in [0.5, 0.6) is 0 Å². The minimum absolute atomic E-state index is 0.174. The molecule has 0 fully saturated rings. The van der Waals surface area contributed by atoms with E-state index in [2.05, 4.69) is 10.7 Å². The van der Waals surface area contributed by atoms with Crippen molar-refractivity contribution in [2.24, 2.45) is 0 Å². The van der Waals surface area contributed by atoms with Crippen LogP contribution in [0, 0.1) is 6.92 Å². The van der Waals surface area contributed by atoms with Crippen LogP contribution < -0.4 is 10.7 Å². The van der Waals surface area contributed by atoms with E-state index in [9.17, 15) is 9.59 Å². The summed E-state index contributed by atoms with van der Waals surface area (Å²) in [6, 6.07) is 18.4. The van der Waals surface area contributed by atoms with Gasteiger partial charge in [0.1, 0.15) is 0 Å². The molecule has 4 rings (SSSR count). The van der Waals surface area contributed by atoms with Gasteiger partial charge in [-0.05, 0) is 48.3 Å². The molecular formula is C20H15N3O2S. The number of hydrogen-bond acceptors (Lipinski definition) is 3. The van der Waals surface area contributed by atoms with Gasteiger partial charge in [0, 0.05) is 11.1 Å². The van der Waals surface area contributed by atoms with Crippen molar-refractivity contribution in [3.05, 3.63) is 77.4 Å². The molecule has 2 N–H and O–H groups in total. The molecule has 0 unspecified atom stereocenters. The molecule has 3 aromatic carbocycles. The normalized spacial score (nSPS) is 13.0. The minimum atomic E-state index is -0.423. The standard InChI is InChI=1S/C20H15N3O2S/c1-12-6-2-3-11-16(12)21-20(26)22-23-18(24)14-9-4-7-13-8-5-10-15(17(13)14)19(23)25/h2-11H,1H3,(H2,21,22,26). The number of thiocarbonyl (C=S) groups is 1. The van der Waals surface area contributed by atoms with Crippen molar-refractivity contribution in [3.8, 4) is 0 Å². The number of rotatable bonds is 2. The summed E-state index contributed by atoms with van der Waals surface area (Å²) in [7, 11) is 0. The zero-order chi connectivity index (χ0) is 18.3. The summed E-state index contributed by atoms with van der Waals surface area (Å²) in [5, 5.41) is 5.70. The first-order valence-electron chi connectivity index (χ1n) is 8.10. The lowest BCUT2D eigenvalue weighted by molar-refractivity contribution is 0.0568. The number of nitrogens with zero attached hydrogens (tertiary/aromatic N) is 1. The van der Waals surface area contributed by atoms with E-state index in [1.807, 2.05) is 43.3 Å². The van der Waals surface area contributed by atoms with Gasteiger partial charge in [0.05, 0.1) is 11.1 Å². The van der Waals surface area contributed by atoms with Crippen molar-refractivity contribution in [2.45, 2.75) is 6.92 Å². The second-order valence-corrected chi connectivity index (χ2v) is 6.44. The SMILES string of the molecule is Cc1ccccc1NC(=S)NN1C(=O)c2cccc3cccc(c23)C1=O. The Balaban J connectivity index is 1.64. The summed E-state index contributed by atoms with van der Waals surface area (Å²) in [4.78, 5) is 25.6. The molecule has 6 heteroatoms. The Morgan fingerprint density at radius 2 is 1.50 bits per heavy atom. The highest BCUT2D eigenvalue weighted by Gasteiger charge is 2.33. The molecule has 5 nitrogen and oxygen atoms in total. The zero-order valence-corrected chi connectivity index (χ0v) is 14.8. The van der Waals surface area contributed by atoms with E-state index < -0.39 is 11.8 Å². The van der Waals surface area contributed by atoms with Gasteiger partial charge in [0.2, 0.25) is 0 Å². The number of nitrogens with one attached hydrogen (secondary N) is 2. The zero-order valence-electron chi connectivity index (χ0n) is 13.9. The van der Waals surface area contributed by atoms with Crippen molar-refractivity contribution in [3.63, 3.8) is 0 Å². The maximum atomic E-state index is 12.8. The number of amides is 2. The number of carbonyl (C=O) groups excluding carboxylic acids is 2. The maximum Gasteiger partial charge on any atom is 0.280 e. The first kappa shape index (κ1) is 16.2. The maximum absolute atomic E-state index is 12.8. The second-order valence-electron chi connectivity index (χ2n) is 6.04. The lowest BCUT2D eigenvalue weighted by Crippen LogP contribution is -2.52. The summed E-state index contributed by atoms with van der Waals surface area (Å²) in [5.41, 5.74) is 5.50. The highest BCUT2D eigenvalue weighted by molar-refractivity contribution is 7.80.